The van der Waals surface area contributed by atoms with Crippen LogP contribution in [-0.2, 0) is 0 Å². The summed E-state index contributed by atoms with van der Waals surface area (Å²) in [4.78, 5) is 34.8. The van der Waals surface area contributed by atoms with E-state index in [1.165, 1.54) is 264 Å². The third-order valence-electron chi connectivity index (χ3n) is 25.2. The van der Waals surface area contributed by atoms with E-state index in [-0.39, 0.29) is 0 Å². The molecule has 0 saturated carbocycles. The van der Waals surface area contributed by atoms with Gasteiger partial charge in [-0.2, -0.15) is 26.2 Å². The first kappa shape index (κ1) is 107. The topological polar surface area (TPSA) is 105 Å². The van der Waals surface area contributed by atoms with Crippen molar-refractivity contribution < 1.29 is 14.2 Å². The van der Waals surface area contributed by atoms with E-state index in [1.54, 1.807) is 22.9 Å². The van der Waals surface area contributed by atoms with Crippen LogP contribution in [-0.4, -0.2) is 120 Å². The van der Waals surface area contributed by atoms with Crippen molar-refractivity contribution in [2.45, 2.75) is 293 Å². The Kier molecular flexibility index (Phi) is 41.6. The van der Waals surface area contributed by atoms with Gasteiger partial charge in [0.25, 0.3) is 0 Å². The fraction of sp³-hybridized carbons (Fsp3) is 0.468. The molecule has 0 bridgehead atoms. The average molecular weight is 2510 g/mol. The zero-order valence-corrected chi connectivity index (χ0v) is 104. The van der Waals surface area contributed by atoms with Crippen molar-refractivity contribution >= 4 is 294 Å². The molecule has 24 heteroatoms. The summed E-state index contributed by atoms with van der Waals surface area (Å²) in [5.41, 5.74) is 15.6. The Hall–Kier alpha value is -3.21. The molecule has 9 nitrogen and oxygen atoms in total. The molecule has 16 aromatic rings. The molecular weight excluding hydrogens is 2360 g/mol. The fourth-order valence-corrected chi connectivity index (χ4v) is 50.6. The van der Waals surface area contributed by atoms with Crippen molar-refractivity contribution in [2.24, 2.45) is 0 Å². The van der Waals surface area contributed by atoms with Gasteiger partial charge in [0.05, 0.1) is 75.1 Å². The summed E-state index contributed by atoms with van der Waals surface area (Å²) in [6.07, 6.45) is 39.2. The Labute approximate surface area is 865 Å². The van der Waals surface area contributed by atoms with Gasteiger partial charge in [0.15, 0.2) is 0 Å². The average Bonchev–Trinajstić information content (AvgIpc) is 1.64. The van der Waals surface area contributed by atoms with Gasteiger partial charge in [0, 0.05) is 56.7 Å². The van der Waals surface area contributed by atoms with Crippen molar-refractivity contribution in [1.82, 2.24) is 26.2 Å². The third kappa shape index (κ3) is 28.9. The number of ether oxygens (including phenoxy) is 3. The van der Waals surface area contributed by atoms with Crippen LogP contribution in [0.4, 0.5) is 0 Å². The Morgan fingerprint density at radius 1 is 0.256 bits per heavy atom. The van der Waals surface area contributed by atoms with Crippen molar-refractivity contribution in [3.05, 3.63) is 159 Å². The molecule has 133 heavy (non-hydrogen) atoms. The standard InChI is InChI=1S/C64H72N4O2S5.C19H28Br2N2OS.C10H4S2.C4H2S.12CH3.4Sn/c1-5-7-9-11-13-15-17-19-21-29-37-69-63-43(3)55(46-33-27-24-28-34-46)59-62(68-74-65-59)58(63)54-42-48-40-51-47(39-52(48)73-54)41-53(72-51)56-44(4)64(70-38-30-22-20-18-16-14-12-10-8-6-2)57(61-60(56)66-75-67-61)50-36-35-49(71-50)45-31-25-23-26-32-45;1-3-4-5-6-7-8-9-10-11-12-13-24-19-14(2)15(20)17-18(16(19)21)23-25-22-17;1-3-11-9-6-8-2-4-12-10(8)5-7(1)9;1-2-4-5-3-1;;;;;;;;;;;;;;;;/h23-28,31-36,39-42H,5-22,29-30,37-38H2,1-4H3;3-13H2,1-2H3;1-2,5-6H;1-2H;12*1H3;;;;. The first-order valence-corrected chi connectivity index (χ1v) is 98.0. The second-order valence-electron chi connectivity index (χ2n) is 40.3. The summed E-state index contributed by atoms with van der Waals surface area (Å²) in [5, 5.41) is 5.39. The summed E-state index contributed by atoms with van der Waals surface area (Å²) in [6.45, 7) is 15.5. The van der Waals surface area contributed by atoms with Gasteiger partial charge in [-0.15, -0.1) is 34.0 Å². The van der Waals surface area contributed by atoms with E-state index in [9.17, 15) is 0 Å². The first-order valence-electron chi connectivity index (χ1n) is 49.4. The summed E-state index contributed by atoms with van der Waals surface area (Å²) in [7, 11) is 0. The molecule has 0 N–H and O–H groups in total. The maximum absolute atomic E-state index is 7.00. The number of nitrogens with zero attached hydrogens (tertiary/aromatic N) is 6. The molecule has 7 aromatic carbocycles. The summed E-state index contributed by atoms with van der Waals surface area (Å²) >= 11 is 15.5. The van der Waals surface area contributed by atoms with Crippen LogP contribution in [0.2, 0.25) is 59.3 Å². The molecule has 9 aromatic heterocycles. The number of rotatable bonds is 45. The van der Waals surface area contributed by atoms with Crippen molar-refractivity contribution in [3.63, 3.8) is 0 Å². The Bertz CT molecular complexity index is 6200. The molecule has 0 aliphatic heterocycles. The molecule has 16 rings (SSSR count). The minimum absolute atomic E-state index is 0.679. The number of benzene rings is 7. The molecule has 0 unspecified atom stereocenters. The van der Waals surface area contributed by atoms with Crippen LogP contribution in [0.25, 0.3) is 126 Å². The van der Waals surface area contributed by atoms with Crippen LogP contribution >= 0.6 is 135 Å². The van der Waals surface area contributed by atoms with Crippen LogP contribution in [0.5, 0.6) is 17.2 Å². The molecule has 0 saturated heterocycles. The zero-order chi connectivity index (χ0) is 94.4. The van der Waals surface area contributed by atoms with Crippen molar-refractivity contribution in [3.8, 4) is 70.1 Å². The number of hydrogen-bond acceptors (Lipinski definition) is 18. The van der Waals surface area contributed by atoms with Gasteiger partial charge >= 0.3 is 235 Å². The van der Waals surface area contributed by atoms with Gasteiger partial charge in [0.1, 0.15) is 50.3 Å². The van der Waals surface area contributed by atoms with E-state index in [0.29, 0.717) is 13.2 Å². The SMILES string of the molecule is CCCCCCCCCCCCOc1c(C)c(-c2ccccc2)c2nsnc2c1-c1cc2cc3sc(-c4c(C)c(OCCCCCCCCCCCC)c(-c5ccc(-c6ccccc6)s5)c5nsnc45)cc3cc2s1.CCCCCCCCCCCCOc1c(C)c(Br)c2nsnc2c1Br.[CH3][Sn]([CH3])([CH3])[c]1cc2cc3s[c]([Sn]([CH3])([CH3])[CH3])cc3cc2s1.[CH3][Sn]([CH3])([CH3])[c]1cc[c]([Sn]([CH3])([CH3])[CH3])s1. The van der Waals surface area contributed by atoms with Crippen LogP contribution < -0.4 is 25.8 Å². The van der Waals surface area contributed by atoms with Gasteiger partial charge < -0.3 is 14.2 Å². The third-order valence-corrected chi connectivity index (χ3v) is 72.9. The van der Waals surface area contributed by atoms with E-state index >= 15 is 0 Å². The molecule has 710 valence electrons. The van der Waals surface area contributed by atoms with E-state index in [1.807, 2.05) is 22.7 Å². The molecule has 0 aliphatic carbocycles. The van der Waals surface area contributed by atoms with Gasteiger partial charge in [-0.25, -0.2) is 0 Å². The Balaban J connectivity index is 0.000000206. The van der Waals surface area contributed by atoms with Gasteiger partial charge in [-0.05, 0) is 130 Å². The second kappa shape index (κ2) is 51.7. The second-order valence-corrected chi connectivity index (χ2v) is 112. The number of thiophene rings is 6. The van der Waals surface area contributed by atoms with E-state index in [0.717, 1.165) is 139 Å². The molecule has 0 radical (unpaired) electrons. The predicted molar refractivity (Wildman–Crippen MR) is 617 cm³/mol. The number of aromatic nitrogens is 6. The number of hydrogen-bond donors (Lipinski definition) is 0. The van der Waals surface area contributed by atoms with Crippen molar-refractivity contribution in [1.29, 1.82) is 0 Å². The quantitative estimate of drug-likeness (QED) is 0.0273. The number of fused-ring (bicyclic) bond motifs is 7. The number of halogens is 2. The molecule has 0 fully saturated rings. The predicted octanol–water partition coefficient (Wildman–Crippen LogP) is 37.6. The summed E-state index contributed by atoms with van der Waals surface area (Å²) < 4.78 is 63.0. The summed E-state index contributed by atoms with van der Waals surface area (Å²) in [6, 6.07) is 50.0. The molecule has 0 atom stereocenters. The van der Waals surface area contributed by atoms with Gasteiger partial charge in [-0.3, -0.25) is 0 Å². The Morgan fingerprint density at radius 2 is 0.564 bits per heavy atom. The van der Waals surface area contributed by atoms with Gasteiger partial charge in [-0.1, -0.05) is 255 Å². The minimum atomic E-state index is -1.91. The van der Waals surface area contributed by atoms with E-state index < -0.39 is 73.5 Å². The molecule has 9 heterocycles. The molecule has 0 aliphatic rings. The molecular formula is C109H142Br2N6O3S9Sn4. The summed E-state index contributed by atoms with van der Waals surface area (Å²) in [5.74, 6) is 2.77. The molecule has 0 amide bonds. The van der Waals surface area contributed by atoms with E-state index in [4.69, 9.17) is 31.7 Å². The van der Waals surface area contributed by atoms with Gasteiger partial charge in [0.2, 0.25) is 0 Å². The normalized spacial score (nSPS) is 12.2. The van der Waals surface area contributed by atoms with Crippen LogP contribution in [0.15, 0.2) is 142 Å². The molecule has 0 spiro atoms. The zero-order valence-electron chi connectivity index (χ0n) is 82.4. The van der Waals surface area contributed by atoms with Crippen LogP contribution in [0.3, 0.4) is 0 Å². The fourth-order valence-electron chi connectivity index (χ4n) is 17.3. The van der Waals surface area contributed by atoms with Crippen LogP contribution in [0.1, 0.15) is 230 Å². The van der Waals surface area contributed by atoms with Crippen LogP contribution in [0, 0.1) is 20.8 Å². The maximum atomic E-state index is 7.00. The number of unbranched alkanes of at least 4 members (excludes halogenated alkanes) is 27. The van der Waals surface area contributed by atoms with Crippen molar-refractivity contribution in [2.75, 3.05) is 19.8 Å². The Morgan fingerprint density at radius 3 is 0.955 bits per heavy atom. The monoisotopic (exact) mass is 2510 g/mol. The first-order chi connectivity index (χ1) is 64.0. The van der Waals surface area contributed by atoms with E-state index in [2.05, 4.69) is 309 Å².